The van der Waals surface area contributed by atoms with E-state index >= 15 is 0 Å². The molecule has 1 atom stereocenters. The lowest BCUT2D eigenvalue weighted by Gasteiger charge is -2.15. The van der Waals surface area contributed by atoms with Crippen LogP contribution < -0.4 is 5.73 Å². The number of hydrogen-bond acceptors (Lipinski definition) is 1. The van der Waals surface area contributed by atoms with Gasteiger partial charge in [0.05, 0.1) is 6.04 Å². The molecule has 0 aromatic heterocycles. The van der Waals surface area contributed by atoms with Gasteiger partial charge in [0.25, 0.3) is 0 Å². The first kappa shape index (κ1) is 14.6. The third kappa shape index (κ3) is 3.59. The Morgan fingerprint density at radius 2 is 2.00 bits per heavy atom. The molecule has 2 aromatic rings. The first-order chi connectivity index (χ1) is 9.11. The first-order valence-corrected chi connectivity index (χ1v) is 7.58. The zero-order valence-corrected chi connectivity index (χ0v) is 13.2. The highest BCUT2D eigenvalue weighted by Gasteiger charge is 2.12. The van der Waals surface area contributed by atoms with Gasteiger partial charge in [-0.2, -0.15) is 0 Å². The van der Waals surface area contributed by atoms with E-state index in [0.29, 0.717) is 5.02 Å². The van der Waals surface area contributed by atoms with E-state index in [4.69, 9.17) is 17.3 Å². The fraction of sp³-hybridized carbons (Fsp3) is 0.250. The van der Waals surface area contributed by atoms with Crippen molar-refractivity contribution in [1.82, 2.24) is 0 Å². The van der Waals surface area contributed by atoms with E-state index in [0.717, 1.165) is 28.4 Å². The second-order valence-electron chi connectivity index (χ2n) is 4.64. The van der Waals surface area contributed by atoms with Crippen LogP contribution in [0.2, 0.25) is 5.02 Å². The van der Waals surface area contributed by atoms with Crippen molar-refractivity contribution >= 4 is 27.5 Å². The van der Waals surface area contributed by atoms with Gasteiger partial charge in [0.15, 0.2) is 0 Å². The number of benzene rings is 2. The maximum atomic E-state index is 6.36. The number of hydrogen-bond donors (Lipinski definition) is 1. The van der Waals surface area contributed by atoms with Crippen molar-refractivity contribution in [3.05, 3.63) is 68.7 Å². The van der Waals surface area contributed by atoms with Crippen LogP contribution in [-0.4, -0.2) is 0 Å². The molecule has 0 radical (unpaired) electrons. The highest BCUT2D eigenvalue weighted by Crippen LogP contribution is 2.29. The maximum absolute atomic E-state index is 6.36. The van der Waals surface area contributed by atoms with Crippen molar-refractivity contribution in [1.29, 1.82) is 0 Å². The van der Waals surface area contributed by atoms with Crippen LogP contribution in [0.4, 0.5) is 0 Å². The van der Waals surface area contributed by atoms with Gasteiger partial charge in [-0.1, -0.05) is 71.2 Å². The molecule has 0 saturated heterocycles. The predicted molar refractivity (Wildman–Crippen MR) is 85.6 cm³/mol. The number of halogens is 2. The molecule has 3 heteroatoms. The minimum atomic E-state index is -0.136. The highest BCUT2D eigenvalue weighted by molar-refractivity contribution is 9.10. The van der Waals surface area contributed by atoms with Crippen LogP contribution in [0.5, 0.6) is 0 Å². The molecule has 0 spiro atoms. The molecule has 2 N–H and O–H groups in total. The van der Waals surface area contributed by atoms with Gasteiger partial charge in [0.2, 0.25) is 0 Å². The second kappa shape index (κ2) is 6.56. The van der Waals surface area contributed by atoms with E-state index in [1.54, 1.807) is 0 Å². The molecule has 2 aromatic carbocycles. The smallest absolute Gasteiger partial charge is 0.0562 e. The standard InChI is InChI=1S/C16H17BrClN/c1-2-4-11-5-3-6-12(9-11)16(19)14-8-7-13(18)10-15(14)17/h3,5-10,16H,2,4,19H2,1H3. The predicted octanol–water partition coefficient (Wildman–Crippen LogP) is 5.10. The normalized spacial score (nSPS) is 12.4. The van der Waals surface area contributed by atoms with E-state index in [1.807, 2.05) is 18.2 Å². The van der Waals surface area contributed by atoms with Gasteiger partial charge in [-0.25, -0.2) is 0 Å². The Hall–Kier alpha value is -0.830. The summed E-state index contributed by atoms with van der Waals surface area (Å²) in [5, 5.41) is 0.711. The number of rotatable bonds is 4. The fourth-order valence-electron chi connectivity index (χ4n) is 2.16. The molecule has 1 unspecified atom stereocenters. The number of aryl methyl sites for hydroxylation is 1. The molecule has 0 heterocycles. The van der Waals surface area contributed by atoms with Crippen molar-refractivity contribution in [2.75, 3.05) is 0 Å². The van der Waals surface area contributed by atoms with Crippen LogP contribution in [-0.2, 0) is 6.42 Å². The molecule has 2 rings (SSSR count). The molecule has 0 amide bonds. The Kier molecular flexibility index (Phi) is 5.03. The highest BCUT2D eigenvalue weighted by atomic mass is 79.9. The molecule has 19 heavy (non-hydrogen) atoms. The van der Waals surface area contributed by atoms with Crippen molar-refractivity contribution in [3.63, 3.8) is 0 Å². The molecular weight excluding hydrogens is 322 g/mol. The van der Waals surface area contributed by atoms with Gasteiger partial charge in [-0.15, -0.1) is 0 Å². The number of nitrogens with two attached hydrogens (primary N) is 1. The van der Waals surface area contributed by atoms with Gasteiger partial charge in [-0.05, 0) is 35.2 Å². The van der Waals surface area contributed by atoms with Gasteiger partial charge in [0.1, 0.15) is 0 Å². The van der Waals surface area contributed by atoms with E-state index in [1.165, 1.54) is 5.56 Å². The van der Waals surface area contributed by atoms with E-state index in [-0.39, 0.29) is 6.04 Å². The van der Waals surface area contributed by atoms with Gasteiger partial charge in [0, 0.05) is 9.50 Å². The molecule has 0 aliphatic rings. The van der Waals surface area contributed by atoms with Crippen LogP contribution >= 0.6 is 27.5 Å². The van der Waals surface area contributed by atoms with Gasteiger partial charge < -0.3 is 5.73 Å². The van der Waals surface area contributed by atoms with Gasteiger partial charge >= 0.3 is 0 Å². The quantitative estimate of drug-likeness (QED) is 0.824. The van der Waals surface area contributed by atoms with Crippen LogP contribution in [0, 0.1) is 0 Å². The van der Waals surface area contributed by atoms with Crippen molar-refractivity contribution in [2.45, 2.75) is 25.8 Å². The lowest BCUT2D eigenvalue weighted by molar-refractivity contribution is 0.854. The second-order valence-corrected chi connectivity index (χ2v) is 5.93. The van der Waals surface area contributed by atoms with Crippen LogP contribution in [0.1, 0.15) is 36.1 Å². The molecule has 0 aliphatic carbocycles. The minimum Gasteiger partial charge on any atom is -0.320 e. The summed E-state index contributed by atoms with van der Waals surface area (Å²) in [5.41, 5.74) is 9.88. The third-order valence-corrected chi connectivity index (χ3v) is 4.07. The van der Waals surface area contributed by atoms with Crippen LogP contribution in [0.25, 0.3) is 0 Å². The Bertz CT molecular complexity index is 568. The molecule has 0 fully saturated rings. The minimum absolute atomic E-state index is 0.136. The summed E-state index contributed by atoms with van der Waals surface area (Å²) < 4.78 is 0.952. The average molecular weight is 339 g/mol. The first-order valence-electron chi connectivity index (χ1n) is 6.41. The molecule has 0 saturated carbocycles. The van der Waals surface area contributed by atoms with Crippen molar-refractivity contribution in [2.24, 2.45) is 5.73 Å². The van der Waals surface area contributed by atoms with Crippen molar-refractivity contribution < 1.29 is 0 Å². The van der Waals surface area contributed by atoms with E-state index < -0.39 is 0 Å². The largest absolute Gasteiger partial charge is 0.320 e. The monoisotopic (exact) mass is 337 g/mol. The maximum Gasteiger partial charge on any atom is 0.0562 e. The topological polar surface area (TPSA) is 26.0 Å². The molecular formula is C16H17BrClN. The van der Waals surface area contributed by atoms with E-state index in [9.17, 15) is 0 Å². The third-order valence-electron chi connectivity index (χ3n) is 3.15. The zero-order valence-electron chi connectivity index (χ0n) is 10.9. The summed E-state index contributed by atoms with van der Waals surface area (Å²) >= 11 is 9.49. The lowest BCUT2D eigenvalue weighted by Crippen LogP contribution is -2.12. The van der Waals surface area contributed by atoms with Crippen molar-refractivity contribution in [3.8, 4) is 0 Å². The lowest BCUT2D eigenvalue weighted by atomic mass is 9.97. The molecule has 0 bridgehead atoms. The summed E-state index contributed by atoms with van der Waals surface area (Å²) in [6.07, 6.45) is 2.23. The Balaban J connectivity index is 2.32. The summed E-state index contributed by atoms with van der Waals surface area (Å²) in [4.78, 5) is 0. The summed E-state index contributed by atoms with van der Waals surface area (Å²) in [6, 6.07) is 14.1. The van der Waals surface area contributed by atoms with E-state index in [2.05, 4.69) is 47.1 Å². The summed E-state index contributed by atoms with van der Waals surface area (Å²) in [7, 11) is 0. The Morgan fingerprint density at radius 1 is 1.21 bits per heavy atom. The molecule has 0 aliphatic heterocycles. The molecule has 100 valence electrons. The van der Waals surface area contributed by atoms with Gasteiger partial charge in [-0.3, -0.25) is 0 Å². The SMILES string of the molecule is CCCc1cccc(C(N)c2ccc(Cl)cc2Br)c1. The zero-order chi connectivity index (χ0) is 13.8. The Morgan fingerprint density at radius 3 is 2.68 bits per heavy atom. The van der Waals surface area contributed by atoms with Crippen LogP contribution in [0.15, 0.2) is 46.9 Å². The molecule has 1 nitrogen and oxygen atoms in total. The summed E-state index contributed by atoms with van der Waals surface area (Å²) in [5.74, 6) is 0. The fourth-order valence-corrected chi connectivity index (χ4v) is 3.09. The Labute approximate surface area is 127 Å². The summed E-state index contributed by atoms with van der Waals surface area (Å²) in [6.45, 7) is 2.18. The van der Waals surface area contributed by atoms with Crippen LogP contribution in [0.3, 0.4) is 0 Å². The average Bonchev–Trinajstić information content (AvgIpc) is 2.39.